The topological polar surface area (TPSA) is 3.24 Å². The largest absolute Gasteiger partial charge is 0.310 e. The Kier molecular flexibility index (Phi) is 7.03. The fourth-order valence-electron chi connectivity index (χ4n) is 8.76. The van der Waals surface area contributed by atoms with Crippen LogP contribution < -0.4 is 4.90 Å². The maximum atomic E-state index is 2.51. The number of hydrogen-bond acceptors (Lipinski definition) is 2. The molecular formula is C51H41NS. The Morgan fingerprint density at radius 2 is 1.13 bits per heavy atom. The van der Waals surface area contributed by atoms with Crippen molar-refractivity contribution in [2.24, 2.45) is 0 Å². The summed E-state index contributed by atoms with van der Waals surface area (Å²) in [6.45, 7) is 11.6. The van der Waals surface area contributed by atoms with Crippen LogP contribution >= 0.6 is 11.3 Å². The van der Waals surface area contributed by atoms with E-state index in [9.17, 15) is 0 Å². The van der Waals surface area contributed by atoms with Gasteiger partial charge in [-0.3, -0.25) is 0 Å². The van der Waals surface area contributed by atoms with E-state index in [2.05, 4.69) is 197 Å². The molecule has 0 saturated carbocycles. The van der Waals surface area contributed by atoms with Crippen LogP contribution in [0.3, 0.4) is 0 Å². The molecule has 0 N–H and O–H groups in total. The van der Waals surface area contributed by atoms with E-state index in [-0.39, 0.29) is 10.8 Å². The summed E-state index contributed by atoms with van der Waals surface area (Å²) >= 11 is 1.90. The molecule has 0 bridgehead atoms. The molecule has 0 unspecified atom stereocenters. The van der Waals surface area contributed by atoms with Crippen molar-refractivity contribution < 1.29 is 0 Å². The number of thiophene rings is 1. The highest BCUT2D eigenvalue weighted by Gasteiger charge is 2.36. The molecule has 0 saturated heterocycles. The van der Waals surface area contributed by atoms with Crippen LogP contribution in [0.4, 0.5) is 17.1 Å². The molecule has 9 aromatic rings. The van der Waals surface area contributed by atoms with Crippen molar-refractivity contribution in [3.8, 4) is 22.3 Å². The summed E-state index contributed by atoms with van der Waals surface area (Å²) in [5, 5.41) is 7.71. The Labute approximate surface area is 315 Å². The average Bonchev–Trinajstić information content (AvgIpc) is 3.66. The van der Waals surface area contributed by atoms with E-state index in [0.29, 0.717) is 0 Å². The van der Waals surface area contributed by atoms with Gasteiger partial charge in [0.2, 0.25) is 0 Å². The second kappa shape index (κ2) is 11.7. The standard InChI is InChI=1S/C51H41NS/c1-50(2,3)35-22-24-36(25-23-35)52(37-26-27-39-43-29-33-14-6-7-15-34(33)30-44(43)51(4,5)45(39)31-37)46-28-21-32-13-8-9-16-38(32)48(46)42-19-12-18-41-40-17-10-11-20-47(40)53-49(41)42/h6-31H,1-5H3. The summed E-state index contributed by atoms with van der Waals surface area (Å²) in [7, 11) is 0. The first kappa shape index (κ1) is 32.0. The number of hydrogen-bond donors (Lipinski definition) is 0. The third-order valence-corrected chi connectivity index (χ3v) is 12.8. The van der Waals surface area contributed by atoms with Crippen molar-refractivity contribution in [2.75, 3.05) is 4.90 Å². The average molecular weight is 700 g/mol. The zero-order valence-electron chi connectivity index (χ0n) is 30.9. The van der Waals surface area contributed by atoms with Crippen molar-refractivity contribution >= 4 is 70.1 Å². The number of rotatable bonds is 4. The molecule has 1 aliphatic rings. The van der Waals surface area contributed by atoms with Crippen LogP contribution in [-0.4, -0.2) is 0 Å². The molecule has 256 valence electrons. The molecule has 53 heavy (non-hydrogen) atoms. The first-order valence-corrected chi connectivity index (χ1v) is 19.5. The highest BCUT2D eigenvalue weighted by atomic mass is 32.1. The van der Waals surface area contributed by atoms with Gasteiger partial charge in [-0.25, -0.2) is 0 Å². The summed E-state index contributed by atoms with van der Waals surface area (Å²) < 4.78 is 2.64. The number of anilines is 3. The summed E-state index contributed by atoms with van der Waals surface area (Å²) in [5.74, 6) is 0. The summed E-state index contributed by atoms with van der Waals surface area (Å²) in [5.41, 5.74) is 12.7. The minimum atomic E-state index is -0.151. The second-order valence-corrected chi connectivity index (χ2v) is 17.2. The van der Waals surface area contributed by atoms with Gasteiger partial charge in [-0.05, 0) is 103 Å². The quantitative estimate of drug-likeness (QED) is 0.177. The fourth-order valence-corrected chi connectivity index (χ4v) is 9.98. The second-order valence-electron chi connectivity index (χ2n) is 16.2. The van der Waals surface area contributed by atoms with Crippen LogP contribution in [0.2, 0.25) is 0 Å². The Hall–Kier alpha value is -5.70. The van der Waals surface area contributed by atoms with E-state index in [1.54, 1.807) is 0 Å². The van der Waals surface area contributed by atoms with Gasteiger partial charge in [0.25, 0.3) is 0 Å². The van der Waals surface area contributed by atoms with Gasteiger partial charge >= 0.3 is 0 Å². The van der Waals surface area contributed by atoms with E-state index in [1.807, 2.05) is 11.3 Å². The van der Waals surface area contributed by atoms with Crippen LogP contribution in [0.5, 0.6) is 0 Å². The van der Waals surface area contributed by atoms with Crippen LogP contribution in [0.1, 0.15) is 51.3 Å². The van der Waals surface area contributed by atoms with Crippen molar-refractivity contribution in [1.29, 1.82) is 0 Å². The van der Waals surface area contributed by atoms with Crippen molar-refractivity contribution in [2.45, 2.75) is 45.4 Å². The molecular weight excluding hydrogens is 659 g/mol. The molecule has 1 aliphatic carbocycles. The predicted octanol–water partition coefficient (Wildman–Crippen LogP) is 15.1. The predicted molar refractivity (Wildman–Crippen MR) is 231 cm³/mol. The van der Waals surface area contributed by atoms with Gasteiger partial charge in [-0.1, -0.05) is 144 Å². The molecule has 0 radical (unpaired) electrons. The Morgan fingerprint density at radius 3 is 1.91 bits per heavy atom. The van der Waals surface area contributed by atoms with Gasteiger partial charge in [-0.15, -0.1) is 11.3 Å². The van der Waals surface area contributed by atoms with Crippen LogP contribution in [0.25, 0.3) is 64.0 Å². The molecule has 10 rings (SSSR count). The summed E-state index contributed by atoms with van der Waals surface area (Å²) in [6.07, 6.45) is 0. The lowest BCUT2D eigenvalue weighted by Crippen LogP contribution is -2.17. The number of nitrogens with zero attached hydrogens (tertiary/aromatic N) is 1. The van der Waals surface area contributed by atoms with Crippen LogP contribution in [0, 0.1) is 0 Å². The zero-order chi connectivity index (χ0) is 36.1. The van der Waals surface area contributed by atoms with E-state index in [1.165, 1.54) is 86.3 Å². The molecule has 0 amide bonds. The van der Waals surface area contributed by atoms with Gasteiger partial charge in [0.1, 0.15) is 0 Å². The molecule has 0 atom stereocenters. The molecule has 0 fully saturated rings. The van der Waals surface area contributed by atoms with Gasteiger partial charge in [-0.2, -0.15) is 0 Å². The number of fused-ring (bicyclic) bond motifs is 8. The maximum Gasteiger partial charge on any atom is 0.0547 e. The molecule has 8 aromatic carbocycles. The first-order chi connectivity index (χ1) is 25.7. The van der Waals surface area contributed by atoms with Crippen LogP contribution in [0.15, 0.2) is 158 Å². The Balaban J connectivity index is 1.25. The van der Waals surface area contributed by atoms with E-state index < -0.39 is 0 Å². The summed E-state index contributed by atoms with van der Waals surface area (Å²) in [6, 6.07) is 59.2. The Morgan fingerprint density at radius 1 is 0.491 bits per heavy atom. The van der Waals surface area contributed by atoms with Crippen LogP contribution in [-0.2, 0) is 10.8 Å². The third-order valence-electron chi connectivity index (χ3n) is 11.6. The maximum absolute atomic E-state index is 2.51. The van der Waals surface area contributed by atoms with Crippen molar-refractivity contribution in [1.82, 2.24) is 0 Å². The minimum absolute atomic E-state index is 0.0567. The Bertz CT molecular complexity index is 2900. The van der Waals surface area contributed by atoms with Gasteiger partial charge in [0, 0.05) is 48.1 Å². The fraction of sp³-hybridized carbons (Fsp3) is 0.137. The first-order valence-electron chi connectivity index (χ1n) is 18.7. The van der Waals surface area contributed by atoms with Gasteiger partial charge in [0.05, 0.1) is 5.69 Å². The normalized spacial score (nSPS) is 13.5. The monoisotopic (exact) mass is 699 g/mol. The lowest BCUT2D eigenvalue weighted by Gasteiger charge is -2.31. The smallest absolute Gasteiger partial charge is 0.0547 e. The highest BCUT2D eigenvalue weighted by Crippen LogP contribution is 2.53. The summed E-state index contributed by atoms with van der Waals surface area (Å²) in [4.78, 5) is 2.51. The van der Waals surface area contributed by atoms with Crippen molar-refractivity contribution in [3.63, 3.8) is 0 Å². The molecule has 1 nitrogen and oxygen atoms in total. The lowest BCUT2D eigenvalue weighted by atomic mass is 9.81. The molecule has 1 aromatic heterocycles. The minimum Gasteiger partial charge on any atom is -0.310 e. The zero-order valence-corrected chi connectivity index (χ0v) is 31.7. The molecule has 1 heterocycles. The SMILES string of the molecule is CC(C)(C)c1ccc(N(c2ccc3c(c2)C(C)(C)c2cc4ccccc4cc2-3)c2ccc3ccccc3c2-c2cccc3c2sc2ccccc23)cc1. The van der Waals surface area contributed by atoms with Gasteiger partial charge in [0.15, 0.2) is 0 Å². The van der Waals surface area contributed by atoms with E-state index in [0.717, 1.165) is 11.4 Å². The third kappa shape index (κ3) is 4.96. The van der Waals surface area contributed by atoms with Gasteiger partial charge < -0.3 is 4.90 Å². The molecule has 2 heteroatoms. The molecule has 0 spiro atoms. The molecule has 0 aliphatic heterocycles. The lowest BCUT2D eigenvalue weighted by molar-refractivity contribution is 0.590. The highest BCUT2D eigenvalue weighted by molar-refractivity contribution is 7.26. The van der Waals surface area contributed by atoms with E-state index in [4.69, 9.17) is 0 Å². The number of benzene rings is 8. The van der Waals surface area contributed by atoms with E-state index >= 15 is 0 Å². The van der Waals surface area contributed by atoms with Crippen molar-refractivity contribution in [3.05, 3.63) is 174 Å².